The van der Waals surface area contributed by atoms with Crippen LogP contribution in [0, 0.1) is 20.8 Å². The summed E-state index contributed by atoms with van der Waals surface area (Å²) in [5.74, 6) is 0. The number of anilines is 1. The van der Waals surface area contributed by atoms with E-state index in [4.69, 9.17) is 0 Å². The number of sulfonamides is 1. The molecule has 26 heavy (non-hydrogen) atoms. The van der Waals surface area contributed by atoms with Crippen LogP contribution in [0.5, 0.6) is 0 Å². The second kappa shape index (κ2) is 7.80. The predicted octanol–water partition coefficient (Wildman–Crippen LogP) is 3.73. The minimum absolute atomic E-state index is 0.380. The highest BCUT2D eigenvalue weighted by atomic mass is 32.2. The SMILES string of the molecule is Cc1cc(C)c(S(=O)(=O)NCCc2ccc(N3CCCC3)cc2)cc1C. The smallest absolute Gasteiger partial charge is 0.240 e. The highest BCUT2D eigenvalue weighted by Gasteiger charge is 2.17. The van der Waals surface area contributed by atoms with Gasteiger partial charge in [0.2, 0.25) is 10.0 Å². The number of aryl methyl sites for hydroxylation is 3. The Hall–Kier alpha value is -1.85. The molecule has 1 heterocycles. The van der Waals surface area contributed by atoms with E-state index in [1.54, 1.807) is 6.07 Å². The molecule has 1 aliphatic heterocycles. The van der Waals surface area contributed by atoms with Gasteiger partial charge in [0.25, 0.3) is 0 Å². The van der Waals surface area contributed by atoms with Gasteiger partial charge in [0.15, 0.2) is 0 Å². The lowest BCUT2D eigenvalue weighted by atomic mass is 10.1. The molecular weight excluding hydrogens is 344 g/mol. The van der Waals surface area contributed by atoms with Crippen molar-refractivity contribution in [1.29, 1.82) is 0 Å². The molecule has 140 valence electrons. The van der Waals surface area contributed by atoms with E-state index in [2.05, 4.69) is 33.9 Å². The van der Waals surface area contributed by atoms with Crippen LogP contribution >= 0.6 is 0 Å². The van der Waals surface area contributed by atoms with Gasteiger partial charge >= 0.3 is 0 Å². The van der Waals surface area contributed by atoms with Gasteiger partial charge in [0, 0.05) is 25.3 Å². The van der Waals surface area contributed by atoms with Gasteiger partial charge in [-0.3, -0.25) is 0 Å². The topological polar surface area (TPSA) is 49.4 Å². The fraction of sp³-hybridized carbons (Fsp3) is 0.429. The number of benzene rings is 2. The van der Waals surface area contributed by atoms with Gasteiger partial charge in [-0.1, -0.05) is 18.2 Å². The van der Waals surface area contributed by atoms with Gasteiger partial charge in [0.1, 0.15) is 0 Å². The zero-order valence-electron chi connectivity index (χ0n) is 15.9. The van der Waals surface area contributed by atoms with Gasteiger partial charge < -0.3 is 4.90 Å². The number of nitrogens with zero attached hydrogens (tertiary/aromatic N) is 1. The van der Waals surface area contributed by atoms with Crippen molar-refractivity contribution in [3.8, 4) is 0 Å². The van der Waals surface area contributed by atoms with Gasteiger partial charge in [-0.15, -0.1) is 0 Å². The van der Waals surface area contributed by atoms with Crippen LogP contribution in [-0.4, -0.2) is 28.1 Å². The Bertz CT molecular complexity index is 868. The van der Waals surface area contributed by atoms with E-state index in [9.17, 15) is 8.42 Å². The molecule has 1 N–H and O–H groups in total. The molecule has 3 rings (SSSR count). The Balaban J connectivity index is 1.61. The third kappa shape index (κ3) is 4.27. The van der Waals surface area contributed by atoms with Crippen molar-refractivity contribution in [2.45, 2.75) is 44.9 Å². The molecule has 1 fully saturated rings. The van der Waals surface area contributed by atoms with Crippen LogP contribution in [-0.2, 0) is 16.4 Å². The average molecular weight is 373 g/mol. The van der Waals surface area contributed by atoms with Gasteiger partial charge in [-0.25, -0.2) is 13.1 Å². The van der Waals surface area contributed by atoms with Crippen molar-refractivity contribution >= 4 is 15.7 Å². The van der Waals surface area contributed by atoms with Crippen LogP contribution in [0.1, 0.15) is 35.1 Å². The first-order chi connectivity index (χ1) is 12.4. The van der Waals surface area contributed by atoms with Crippen LogP contribution in [0.4, 0.5) is 5.69 Å². The summed E-state index contributed by atoms with van der Waals surface area (Å²) in [6, 6.07) is 12.2. The number of rotatable bonds is 6. The minimum Gasteiger partial charge on any atom is -0.372 e. The Morgan fingerprint density at radius 1 is 0.923 bits per heavy atom. The fourth-order valence-corrected chi connectivity index (χ4v) is 4.82. The minimum atomic E-state index is -3.48. The van der Waals surface area contributed by atoms with Crippen molar-refractivity contribution in [2.24, 2.45) is 0 Å². The molecule has 0 bridgehead atoms. The Morgan fingerprint density at radius 3 is 2.19 bits per heavy atom. The van der Waals surface area contributed by atoms with Crippen LogP contribution in [0.3, 0.4) is 0 Å². The quantitative estimate of drug-likeness (QED) is 0.840. The second-order valence-corrected chi connectivity index (χ2v) is 8.95. The van der Waals surface area contributed by atoms with E-state index in [1.807, 2.05) is 26.8 Å². The number of hydrogen-bond donors (Lipinski definition) is 1. The highest BCUT2D eigenvalue weighted by molar-refractivity contribution is 7.89. The molecule has 1 aliphatic rings. The molecular formula is C21H28N2O2S. The molecule has 0 unspecified atom stereocenters. The molecule has 2 aromatic rings. The van der Waals surface area contributed by atoms with Crippen molar-refractivity contribution in [2.75, 3.05) is 24.5 Å². The first-order valence-corrected chi connectivity index (χ1v) is 10.8. The average Bonchev–Trinajstić information content (AvgIpc) is 3.13. The summed E-state index contributed by atoms with van der Waals surface area (Å²) in [6.45, 7) is 8.45. The normalized spacial score (nSPS) is 14.8. The lowest BCUT2D eigenvalue weighted by Crippen LogP contribution is -2.26. The van der Waals surface area contributed by atoms with E-state index in [0.29, 0.717) is 17.9 Å². The molecule has 1 saturated heterocycles. The maximum absolute atomic E-state index is 12.6. The lowest BCUT2D eigenvalue weighted by Gasteiger charge is -2.17. The Labute approximate surface area is 157 Å². The summed E-state index contributed by atoms with van der Waals surface area (Å²) in [5.41, 5.74) is 5.30. The molecule has 0 atom stereocenters. The largest absolute Gasteiger partial charge is 0.372 e. The zero-order chi connectivity index (χ0) is 18.7. The second-order valence-electron chi connectivity index (χ2n) is 7.21. The monoisotopic (exact) mass is 372 g/mol. The Kier molecular flexibility index (Phi) is 5.68. The van der Waals surface area contributed by atoms with Crippen molar-refractivity contribution in [3.63, 3.8) is 0 Å². The van der Waals surface area contributed by atoms with E-state index < -0.39 is 10.0 Å². The number of nitrogens with one attached hydrogen (secondary N) is 1. The third-order valence-corrected chi connectivity index (χ3v) is 6.80. The highest BCUT2D eigenvalue weighted by Crippen LogP contribution is 2.21. The van der Waals surface area contributed by atoms with Crippen LogP contribution < -0.4 is 9.62 Å². The van der Waals surface area contributed by atoms with E-state index in [1.165, 1.54) is 18.5 Å². The fourth-order valence-electron chi connectivity index (χ4n) is 3.48. The summed E-state index contributed by atoms with van der Waals surface area (Å²) >= 11 is 0. The van der Waals surface area contributed by atoms with Crippen LogP contribution in [0.25, 0.3) is 0 Å². The molecule has 0 aliphatic carbocycles. The maximum atomic E-state index is 12.6. The summed E-state index contributed by atoms with van der Waals surface area (Å²) in [5, 5.41) is 0. The van der Waals surface area contributed by atoms with Crippen molar-refractivity contribution in [3.05, 3.63) is 58.7 Å². The molecule has 0 radical (unpaired) electrons. The van der Waals surface area contributed by atoms with Gasteiger partial charge in [-0.05, 0) is 80.5 Å². The predicted molar refractivity (Wildman–Crippen MR) is 107 cm³/mol. The first-order valence-electron chi connectivity index (χ1n) is 9.28. The molecule has 5 heteroatoms. The number of hydrogen-bond acceptors (Lipinski definition) is 3. The first kappa shape index (κ1) is 18.9. The van der Waals surface area contributed by atoms with E-state index in [0.717, 1.165) is 35.3 Å². The third-order valence-electron chi connectivity index (χ3n) is 5.19. The molecule has 2 aromatic carbocycles. The van der Waals surface area contributed by atoms with Crippen molar-refractivity contribution < 1.29 is 8.42 Å². The molecule has 0 spiro atoms. The zero-order valence-corrected chi connectivity index (χ0v) is 16.7. The molecule has 0 amide bonds. The molecule has 0 saturated carbocycles. The van der Waals surface area contributed by atoms with Gasteiger partial charge in [-0.2, -0.15) is 0 Å². The summed E-state index contributed by atoms with van der Waals surface area (Å²) < 4.78 is 28.0. The molecule has 4 nitrogen and oxygen atoms in total. The summed E-state index contributed by atoms with van der Waals surface area (Å²) in [4.78, 5) is 2.78. The van der Waals surface area contributed by atoms with Crippen molar-refractivity contribution in [1.82, 2.24) is 4.72 Å². The van der Waals surface area contributed by atoms with Crippen LogP contribution in [0.15, 0.2) is 41.3 Å². The summed E-state index contributed by atoms with van der Waals surface area (Å²) in [6.07, 6.45) is 3.21. The lowest BCUT2D eigenvalue weighted by molar-refractivity contribution is 0.581. The Morgan fingerprint density at radius 2 is 1.54 bits per heavy atom. The summed E-state index contributed by atoms with van der Waals surface area (Å²) in [7, 11) is -3.48. The van der Waals surface area contributed by atoms with E-state index >= 15 is 0 Å². The van der Waals surface area contributed by atoms with Crippen LogP contribution in [0.2, 0.25) is 0 Å². The van der Waals surface area contributed by atoms with Gasteiger partial charge in [0.05, 0.1) is 4.90 Å². The maximum Gasteiger partial charge on any atom is 0.240 e. The molecule has 0 aromatic heterocycles. The standard InChI is InChI=1S/C21H28N2O2S/c1-16-14-18(3)21(15-17(16)2)26(24,25)22-11-10-19-6-8-20(9-7-19)23-12-4-5-13-23/h6-9,14-15,22H,4-5,10-13H2,1-3H3. The van der Waals surface area contributed by atoms with E-state index in [-0.39, 0.29) is 0 Å².